The van der Waals surface area contributed by atoms with E-state index in [1.807, 2.05) is 0 Å². The molecule has 1 aromatic carbocycles. The smallest absolute Gasteiger partial charge is 0.287 e. The Bertz CT molecular complexity index is 747. The molecule has 0 saturated carbocycles. The molecule has 0 spiro atoms. The lowest BCUT2D eigenvalue weighted by molar-refractivity contribution is -0.129. The van der Waals surface area contributed by atoms with Gasteiger partial charge in [-0.1, -0.05) is 6.07 Å². The van der Waals surface area contributed by atoms with E-state index in [0.717, 1.165) is 0 Å². The number of ether oxygens (including phenoxy) is 1. The molecule has 8 heteroatoms. The summed E-state index contributed by atoms with van der Waals surface area (Å²) in [5, 5.41) is 2.47. The van der Waals surface area contributed by atoms with Crippen LogP contribution in [0.4, 0.5) is 4.39 Å². The molecule has 1 heterocycles. The highest BCUT2D eigenvalue weighted by atomic mass is 79.9. The van der Waals surface area contributed by atoms with E-state index in [2.05, 4.69) is 21.2 Å². The van der Waals surface area contributed by atoms with E-state index < -0.39 is 11.7 Å². The van der Waals surface area contributed by atoms with Crippen LogP contribution in [-0.4, -0.2) is 37.4 Å². The van der Waals surface area contributed by atoms with Gasteiger partial charge in [0.2, 0.25) is 5.91 Å². The highest BCUT2D eigenvalue weighted by Crippen LogP contribution is 2.18. The van der Waals surface area contributed by atoms with Gasteiger partial charge in [-0.05, 0) is 45.8 Å². The molecule has 2 aromatic rings. The lowest BCUT2D eigenvalue weighted by Gasteiger charge is -2.17. The third-order valence-corrected chi connectivity index (χ3v) is 3.69. The van der Waals surface area contributed by atoms with Gasteiger partial charge in [0.1, 0.15) is 0 Å². The summed E-state index contributed by atoms with van der Waals surface area (Å²) in [5.74, 6) is -1.05. The Labute approximate surface area is 146 Å². The molecule has 0 fully saturated rings. The van der Waals surface area contributed by atoms with Crippen LogP contribution in [0.25, 0.3) is 0 Å². The summed E-state index contributed by atoms with van der Waals surface area (Å²) >= 11 is 3.10. The Kier molecular flexibility index (Phi) is 5.97. The second-order valence-corrected chi connectivity index (χ2v) is 5.79. The number of furan rings is 1. The maximum Gasteiger partial charge on any atom is 0.287 e. The van der Waals surface area contributed by atoms with E-state index in [1.54, 1.807) is 19.2 Å². The number of benzene rings is 1. The summed E-state index contributed by atoms with van der Waals surface area (Å²) in [6, 6.07) is 7.56. The summed E-state index contributed by atoms with van der Waals surface area (Å²) < 4.78 is 24.0. The van der Waals surface area contributed by atoms with Crippen LogP contribution in [0.15, 0.2) is 39.4 Å². The predicted molar refractivity (Wildman–Crippen MR) is 88.2 cm³/mol. The molecule has 2 amide bonds. The quantitative estimate of drug-likeness (QED) is 0.811. The number of methoxy groups -OCH3 is 1. The predicted octanol–water partition coefficient (Wildman–Crippen LogP) is 2.58. The van der Waals surface area contributed by atoms with Crippen molar-refractivity contribution in [1.82, 2.24) is 10.2 Å². The number of likely N-dealkylation sites (N-methyl/N-ethyl adjacent to an activating group) is 1. The zero-order valence-electron chi connectivity index (χ0n) is 13.1. The van der Waals surface area contributed by atoms with Gasteiger partial charge in [0, 0.05) is 13.6 Å². The van der Waals surface area contributed by atoms with E-state index in [-0.39, 0.29) is 30.5 Å². The van der Waals surface area contributed by atoms with Crippen molar-refractivity contribution >= 4 is 27.7 Å². The molecule has 24 heavy (non-hydrogen) atoms. The molecule has 0 saturated heterocycles. The highest BCUT2D eigenvalue weighted by molar-refractivity contribution is 9.10. The van der Waals surface area contributed by atoms with Crippen LogP contribution in [-0.2, 0) is 11.3 Å². The van der Waals surface area contributed by atoms with Crippen molar-refractivity contribution in [3.05, 3.63) is 52.1 Å². The monoisotopic (exact) mass is 398 g/mol. The largest absolute Gasteiger partial charge is 0.494 e. The summed E-state index contributed by atoms with van der Waals surface area (Å²) in [7, 11) is 2.95. The zero-order chi connectivity index (χ0) is 17.7. The standard InChI is InChI=1S/C16H16BrFN2O4/c1-20(9-10-3-4-12(23-2)11(18)7-10)15(21)8-19-16(22)13-5-6-14(17)24-13/h3-7H,8-9H2,1-2H3,(H,19,22). The van der Waals surface area contributed by atoms with Crippen molar-refractivity contribution in [3.63, 3.8) is 0 Å². The normalized spacial score (nSPS) is 10.3. The molecular weight excluding hydrogens is 383 g/mol. The minimum absolute atomic E-state index is 0.106. The number of hydrogen-bond donors (Lipinski definition) is 1. The van der Waals surface area contributed by atoms with E-state index in [1.165, 1.54) is 30.2 Å². The molecule has 0 aliphatic heterocycles. The molecule has 0 atom stereocenters. The molecule has 0 unspecified atom stereocenters. The maximum absolute atomic E-state index is 13.6. The van der Waals surface area contributed by atoms with E-state index in [9.17, 15) is 14.0 Å². The molecule has 128 valence electrons. The van der Waals surface area contributed by atoms with E-state index >= 15 is 0 Å². The Morgan fingerprint density at radius 1 is 1.33 bits per heavy atom. The van der Waals surface area contributed by atoms with Crippen molar-refractivity contribution in [1.29, 1.82) is 0 Å². The number of amides is 2. The summed E-state index contributed by atoms with van der Waals surface area (Å²) in [6.07, 6.45) is 0. The number of rotatable bonds is 6. The molecule has 2 rings (SSSR count). The minimum Gasteiger partial charge on any atom is -0.494 e. The molecule has 0 aliphatic rings. The second-order valence-electron chi connectivity index (χ2n) is 5.01. The first-order chi connectivity index (χ1) is 11.4. The Hall–Kier alpha value is -2.35. The number of hydrogen-bond acceptors (Lipinski definition) is 4. The van der Waals surface area contributed by atoms with Crippen LogP contribution in [0.5, 0.6) is 5.75 Å². The first-order valence-electron chi connectivity index (χ1n) is 7.00. The Balaban J connectivity index is 1.88. The molecule has 0 radical (unpaired) electrons. The fraction of sp³-hybridized carbons (Fsp3) is 0.250. The van der Waals surface area contributed by atoms with Gasteiger partial charge in [-0.15, -0.1) is 0 Å². The van der Waals surface area contributed by atoms with Crippen LogP contribution >= 0.6 is 15.9 Å². The molecule has 1 N–H and O–H groups in total. The van der Waals surface area contributed by atoms with Gasteiger partial charge in [-0.2, -0.15) is 0 Å². The average molecular weight is 399 g/mol. The van der Waals surface area contributed by atoms with Gasteiger partial charge < -0.3 is 19.4 Å². The number of nitrogens with one attached hydrogen (secondary N) is 1. The van der Waals surface area contributed by atoms with Crippen LogP contribution in [0.3, 0.4) is 0 Å². The number of nitrogens with zero attached hydrogens (tertiary/aromatic N) is 1. The van der Waals surface area contributed by atoms with E-state index in [0.29, 0.717) is 10.2 Å². The van der Waals surface area contributed by atoms with Crippen molar-refractivity contribution in [2.75, 3.05) is 20.7 Å². The number of carbonyl (C=O) groups is 2. The average Bonchev–Trinajstić information content (AvgIpc) is 2.99. The fourth-order valence-corrected chi connectivity index (χ4v) is 2.29. The number of carbonyl (C=O) groups excluding carboxylic acids is 2. The van der Waals surface area contributed by atoms with Crippen molar-refractivity contribution in [2.45, 2.75) is 6.54 Å². The van der Waals surface area contributed by atoms with Crippen LogP contribution in [0, 0.1) is 5.82 Å². The van der Waals surface area contributed by atoms with Crippen LogP contribution in [0.2, 0.25) is 0 Å². The van der Waals surface area contributed by atoms with Gasteiger partial charge in [-0.3, -0.25) is 9.59 Å². The molecular formula is C16H16BrFN2O4. The van der Waals surface area contributed by atoms with Crippen molar-refractivity contribution in [2.24, 2.45) is 0 Å². The molecule has 0 bridgehead atoms. The molecule has 1 aromatic heterocycles. The van der Waals surface area contributed by atoms with Crippen LogP contribution < -0.4 is 10.1 Å². The topological polar surface area (TPSA) is 71.8 Å². The maximum atomic E-state index is 13.6. The SMILES string of the molecule is COc1ccc(CN(C)C(=O)CNC(=O)c2ccc(Br)o2)cc1F. The third-order valence-electron chi connectivity index (χ3n) is 3.26. The summed E-state index contributed by atoms with van der Waals surface area (Å²) in [5.41, 5.74) is 0.616. The lowest BCUT2D eigenvalue weighted by atomic mass is 10.2. The Morgan fingerprint density at radius 2 is 2.08 bits per heavy atom. The van der Waals surface area contributed by atoms with Gasteiger partial charge in [0.25, 0.3) is 5.91 Å². The van der Waals surface area contributed by atoms with Crippen molar-refractivity contribution in [3.8, 4) is 5.75 Å². The second kappa shape index (κ2) is 7.96. The molecule has 6 nitrogen and oxygen atoms in total. The number of halogens is 2. The Morgan fingerprint density at radius 3 is 2.67 bits per heavy atom. The van der Waals surface area contributed by atoms with Gasteiger partial charge in [-0.25, -0.2) is 4.39 Å². The van der Waals surface area contributed by atoms with Crippen molar-refractivity contribution < 1.29 is 23.1 Å². The first-order valence-corrected chi connectivity index (χ1v) is 7.80. The summed E-state index contributed by atoms with van der Waals surface area (Å²) in [6.45, 7) is 0.0220. The van der Waals surface area contributed by atoms with Gasteiger partial charge in [0.05, 0.1) is 13.7 Å². The third kappa shape index (κ3) is 4.58. The van der Waals surface area contributed by atoms with Gasteiger partial charge in [0.15, 0.2) is 22.0 Å². The van der Waals surface area contributed by atoms with Gasteiger partial charge >= 0.3 is 0 Å². The summed E-state index contributed by atoms with van der Waals surface area (Å²) in [4.78, 5) is 25.2. The van der Waals surface area contributed by atoms with E-state index in [4.69, 9.17) is 9.15 Å². The van der Waals surface area contributed by atoms with Crippen LogP contribution in [0.1, 0.15) is 16.1 Å². The minimum atomic E-state index is -0.493. The lowest BCUT2D eigenvalue weighted by Crippen LogP contribution is -2.37. The molecule has 0 aliphatic carbocycles. The zero-order valence-corrected chi connectivity index (χ0v) is 14.7. The highest BCUT2D eigenvalue weighted by Gasteiger charge is 2.15. The first kappa shape index (κ1) is 18.0. The fourth-order valence-electron chi connectivity index (χ4n) is 1.98.